The van der Waals surface area contributed by atoms with Crippen LogP contribution in [0.3, 0.4) is 0 Å². The van der Waals surface area contributed by atoms with E-state index in [9.17, 15) is 9.18 Å². The molecule has 1 amide bonds. The molecule has 7 heteroatoms. The van der Waals surface area contributed by atoms with Crippen LogP contribution in [0.1, 0.15) is 24.2 Å². The Morgan fingerprint density at radius 1 is 1.22 bits per heavy atom. The van der Waals surface area contributed by atoms with E-state index in [4.69, 9.17) is 16.7 Å². The maximum absolute atomic E-state index is 14.3. The second-order valence-corrected chi connectivity index (χ2v) is 6.64. The van der Waals surface area contributed by atoms with Crippen molar-refractivity contribution in [1.29, 1.82) is 0 Å². The lowest BCUT2D eigenvalue weighted by atomic mass is 10.2. The Morgan fingerprint density at radius 2 is 2.04 bits per heavy atom. The summed E-state index contributed by atoms with van der Waals surface area (Å²) >= 11 is 6.19. The Kier molecular flexibility index (Phi) is 6.42. The van der Waals surface area contributed by atoms with Gasteiger partial charge in [0.25, 0.3) is 0 Å². The molecule has 5 nitrogen and oxygen atoms in total. The molecule has 0 aliphatic heterocycles. The van der Waals surface area contributed by atoms with Crippen molar-refractivity contribution in [2.75, 3.05) is 13.2 Å². The summed E-state index contributed by atoms with van der Waals surface area (Å²) in [5.41, 5.74) is 2.11. The molecule has 0 aliphatic carbocycles. The maximum atomic E-state index is 14.3. The zero-order chi connectivity index (χ0) is 19.2. The number of carbonyl (C=O) groups excluding carboxylic acids is 1. The van der Waals surface area contributed by atoms with Crippen molar-refractivity contribution in [1.82, 2.24) is 14.9 Å². The van der Waals surface area contributed by atoms with Gasteiger partial charge in [-0.05, 0) is 30.7 Å². The van der Waals surface area contributed by atoms with E-state index in [1.807, 2.05) is 28.8 Å². The third kappa shape index (κ3) is 4.64. The molecule has 0 aliphatic rings. The van der Waals surface area contributed by atoms with Gasteiger partial charge in [-0.15, -0.1) is 0 Å². The van der Waals surface area contributed by atoms with Crippen molar-refractivity contribution in [3.8, 4) is 0 Å². The molecule has 0 saturated carbocycles. The van der Waals surface area contributed by atoms with E-state index in [1.54, 1.807) is 12.1 Å². The van der Waals surface area contributed by atoms with Gasteiger partial charge in [0.15, 0.2) is 0 Å². The molecule has 0 spiro atoms. The summed E-state index contributed by atoms with van der Waals surface area (Å²) in [7, 11) is 0. The molecule has 0 radical (unpaired) electrons. The highest BCUT2D eigenvalue weighted by molar-refractivity contribution is 6.31. The van der Waals surface area contributed by atoms with Crippen molar-refractivity contribution >= 4 is 28.5 Å². The number of aromatic nitrogens is 2. The molecular formula is C20H21ClFN3O2. The van der Waals surface area contributed by atoms with Crippen LogP contribution in [0.15, 0.2) is 42.5 Å². The molecule has 0 bridgehead atoms. The average Bonchev–Trinajstić information content (AvgIpc) is 3.00. The highest BCUT2D eigenvalue weighted by Gasteiger charge is 2.15. The minimum atomic E-state index is -0.358. The number of rotatable bonds is 8. The highest BCUT2D eigenvalue weighted by atomic mass is 35.5. The van der Waals surface area contributed by atoms with Gasteiger partial charge >= 0.3 is 0 Å². The lowest BCUT2D eigenvalue weighted by molar-refractivity contribution is -0.121. The molecule has 142 valence electrons. The van der Waals surface area contributed by atoms with Gasteiger partial charge < -0.3 is 15.0 Å². The monoisotopic (exact) mass is 389 g/mol. The smallest absolute Gasteiger partial charge is 0.220 e. The first-order valence-electron chi connectivity index (χ1n) is 8.84. The van der Waals surface area contributed by atoms with E-state index in [0.29, 0.717) is 30.0 Å². The Labute approximate surface area is 161 Å². The Hall–Kier alpha value is -2.44. The molecule has 1 aromatic heterocycles. The molecule has 0 atom stereocenters. The fourth-order valence-corrected chi connectivity index (χ4v) is 3.20. The Morgan fingerprint density at radius 3 is 2.81 bits per heavy atom. The minimum absolute atomic E-state index is 0.00733. The lowest BCUT2D eigenvalue weighted by Gasteiger charge is -2.12. The molecule has 0 saturated heterocycles. The molecule has 3 rings (SSSR count). The Balaban J connectivity index is 1.83. The zero-order valence-electron chi connectivity index (χ0n) is 14.8. The predicted octanol–water partition coefficient (Wildman–Crippen LogP) is 3.31. The summed E-state index contributed by atoms with van der Waals surface area (Å²) in [6.45, 7) is 0.672. The van der Waals surface area contributed by atoms with Crippen molar-refractivity contribution in [2.24, 2.45) is 0 Å². The average molecular weight is 390 g/mol. The second kappa shape index (κ2) is 8.97. The molecule has 0 fully saturated rings. The number of aliphatic hydroxyl groups is 1. The number of hydrogen-bond acceptors (Lipinski definition) is 3. The van der Waals surface area contributed by atoms with Gasteiger partial charge in [-0.2, -0.15) is 0 Å². The van der Waals surface area contributed by atoms with Crippen molar-refractivity contribution < 1.29 is 14.3 Å². The van der Waals surface area contributed by atoms with E-state index in [2.05, 4.69) is 10.3 Å². The van der Waals surface area contributed by atoms with E-state index in [0.717, 1.165) is 16.9 Å². The number of para-hydroxylation sites is 2. The fourth-order valence-electron chi connectivity index (χ4n) is 2.98. The van der Waals surface area contributed by atoms with Crippen molar-refractivity contribution in [3.05, 3.63) is 64.7 Å². The molecule has 27 heavy (non-hydrogen) atoms. The molecule has 2 aromatic carbocycles. The lowest BCUT2D eigenvalue weighted by Crippen LogP contribution is -2.26. The zero-order valence-corrected chi connectivity index (χ0v) is 15.5. The summed E-state index contributed by atoms with van der Waals surface area (Å²) in [5, 5.41) is 12.0. The van der Waals surface area contributed by atoms with Crippen molar-refractivity contribution in [2.45, 2.75) is 25.8 Å². The quantitative estimate of drug-likeness (QED) is 0.621. The third-order valence-electron chi connectivity index (χ3n) is 4.34. The second-order valence-electron chi connectivity index (χ2n) is 6.23. The number of nitrogens with zero attached hydrogens (tertiary/aromatic N) is 2. The summed E-state index contributed by atoms with van der Waals surface area (Å²) < 4.78 is 16.2. The normalized spacial score (nSPS) is 11.1. The SMILES string of the molecule is O=C(CCCO)NCCc1nc2ccccc2n1Cc1c(F)cccc1Cl. The minimum Gasteiger partial charge on any atom is -0.396 e. The van der Waals surface area contributed by atoms with Gasteiger partial charge in [-0.3, -0.25) is 4.79 Å². The van der Waals surface area contributed by atoms with Crippen LogP contribution in [0.25, 0.3) is 11.0 Å². The van der Waals surface area contributed by atoms with E-state index < -0.39 is 0 Å². The van der Waals surface area contributed by atoms with Gasteiger partial charge in [0.1, 0.15) is 11.6 Å². The predicted molar refractivity (Wildman–Crippen MR) is 103 cm³/mol. The van der Waals surface area contributed by atoms with Gasteiger partial charge in [0, 0.05) is 36.6 Å². The number of imidazole rings is 1. The topological polar surface area (TPSA) is 67.2 Å². The van der Waals surface area contributed by atoms with Crippen LogP contribution in [-0.4, -0.2) is 33.7 Å². The molecule has 1 heterocycles. The summed E-state index contributed by atoms with van der Waals surface area (Å²) in [6, 6.07) is 12.3. The van der Waals surface area contributed by atoms with Gasteiger partial charge in [0.2, 0.25) is 5.91 Å². The first kappa shape index (κ1) is 19.3. The number of hydrogen-bond donors (Lipinski definition) is 2. The summed E-state index contributed by atoms with van der Waals surface area (Å²) in [5.74, 6) is 0.283. The van der Waals surface area contributed by atoms with E-state index in [-0.39, 0.29) is 31.3 Å². The molecule has 0 unspecified atom stereocenters. The van der Waals surface area contributed by atoms with Crippen LogP contribution < -0.4 is 5.32 Å². The third-order valence-corrected chi connectivity index (χ3v) is 4.70. The maximum Gasteiger partial charge on any atom is 0.220 e. The molecule has 2 N–H and O–H groups in total. The number of benzene rings is 2. The number of fused-ring (bicyclic) bond motifs is 1. The first-order valence-corrected chi connectivity index (χ1v) is 9.22. The number of amides is 1. The van der Waals surface area contributed by atoms with Crippen LogP contribution in [0.5, 0.6) is 0 Å². The van der Waals surface area contributed by atoms with Gasteiger partial charge in [-0.1, -0.05) is 29.8 Å². The number of carbonyl (C=O) groups is 1. The van der Waals surface area contributed by atoms with Crippen molar-refractivity contribution in [3.63, 3.8) is 0 Å². The standard InChI is InChI=1S/C20H21ClFN3O2/c21-15-5-3-6-16(22)14(15)13-25-18-8-2-1-7-17(18)24-19(25)10-11-23-20(27)9-4-12-26/h1-3,5-8,26H,4,9-13H2,(H,23,27). The fraction of sp³-hybridized carbons (Fsp3) is 0.300. The molecule has 3 aromatic rings. The van der Waals surface area contributed by atoms with E-state index in [1.165, 1.54) is 6.07 Å². The van der Waals surface area contributed by atoms with Gasteiger partial charge in [-0.25, -0.2) is 9.37 Å². The van der Waals surface area contributed by atoms with Crippen LogP contribution in [0, 0.1) is 5.82 Å². The Bertz CT molecular complexity index is 922. The number of nitrogens with one attached hydrogen (secondary N) is 1. The van der Waals surface area contributed by atoms with Crippen LogP contribution in [0.4, 0.5) is 4.39 Å². The number of halogens is 2. The van der Waals surface area contributed by atoms with Gasteiger partial charge in [0.05, 0.1) is 17.6 Å². The van der Waals surface area contributed by atoms with Crippen LogP contribution >= 0.6 is 11.6 Å². The first-order chi connectivity index (χ1) is 13.1. The summed E-state index contributed by atoms with van der Waals surface area (Å²) in [4.78, 5) is 16.3. The number of aliphatic hydroxyl groups excluding tert-OH is 1. The largest absolute Gasteiger partial charge is 0.396 e. The van der Waals surface area contributed by atoms with Crippen LogP contribution in [0.2, 0.25) is 5.02 Å². The van der Waals surface area contributed by atoms with Crippen LogP contribution in [-0.2, 0) is 17.8 Å². The highest BCUT2D eigenvalue weighted by Crippen LogP contribution is 2.24. The van der Waals surface area contributed by atoms with E-state index >= 15 is 0 Å². The summed E-state index contributed by atoms with van der Waals surface area (Å²) in [6.07, 6.45) is 1.24. The molecular weight excluding hydrogens is 369 g/mol.